The molecule has 7 heteroatoms. The maximum Gasteiger partial charge on any atom is 0.325 e. The van der Waals surface area contributed by atoms with Crippen molar-refractivity contribution in [3.63, 3.8) is 0 Å². The number of aromatic nitrogens is 3. The molecule has 2 aromatic heterocycles. The van der Waals surface area contributed by atoms with E-state index >= 15 is 0 Å². The van der Waals surface area contributed by atoms with Crippen LogP contribution in [0.25, 0.3) is 0 Å². The molecule has 0 fully saturated rings. The first-order valence-corrected chi connectivity index (χ1v) is 5.12. The summed E-state index contributed by atoms with van der Waals surface area (Å²) in [7, 11) is 0. The molecule has 2 aromatic rings. The second-order valence-corrected chi connectivity index (χ2v) is 3.46. The van der Waals surface area contributed by atoms with Crippen molar-refractivity contribution in [1.82, 2.24) is 14.8 Å². The molecule has 7 nitrogen and oxygen atoms in total. The lowest BCUT2D eigenvalue weighted by atomic mass is 10.3. The number of pyridine rings is 1. The predicted octanol–water partition coefficient (Wildman–Crippen LogP) is 0.615. The van der Waals surface area contributed by atoms with Gasteiger partial charge in [-0.05, 0) is 18.2 Å². The van der Waals surface area contributed by atoms with E-state index in [0.29, 0.717) is 5.69 Å². The third kappa shape index (κ3) is 2.70. The second-order valence-electron chi connectivity index (χ2n) is 3.46. The first-order valence-electron chi connectivity index (χ1n) is 5.12. The molecule has 2 heterocycles. The van der Waals surface area contributed by atoms with Gasteiger partial charge >= 0.3 is 5.97 Å². The fourth-order valence-corrected chi connectivity index (χ4v) is 1.41. The number of hydrogen-bond acceptors (Lipinski definition) is 4. The van der Waals surface area contributed by atoms with Crippen molar-refractivity contribution in [1.29, 1.82) is 0 Å². The summed E-state index contributed by atoms with van der Waals surface area (Å²) < 4.78 is 1.12. The average Bonchev–Trinajstić information content (AvgIpc) is 2.77. The summed E-state index contributed by atoms with van der Waals surface area (Å²) >= 11 is 0. The smallest absolute Gasteiger partial charge is 0.325 e. The van der Waals surface area contributed by atoms with Gasteiger partial charge in [0.25, 0.3) is 5.91 Å². The molecule has 0 radical (unpaired) electrons. The van der Waals surface area contributed by atoms with Gasteiger partial charge in [-0.3, -0.25) is 14.6 Å². The summed E-state index contributed by atoms with van der Waals surface area (Å²) in [5.41, 5.74) is 0.771. The molecule has 0 unspecified atom stereocenters. The van der Waals surface area contributed by atoms with Crippen molar-refractivity contribution < 1.29 is 14.7 Å². The topological polar surface area (TPSA) is 97.1 Å². The highest BCUT2D eigenvalue weighted by Crippen LogP contribution is 2.07. The number of carbonyl (C=O) groups is 2. The van der Waals surface area contributed by atoms with Crippen molar-refractivity contribution in [2.45, 2.75) is 6.54 Å². The minimum absolute atomic E-state index is 0.189. The molecule has 0 aromatic carbocycles. The summed E-state index contributed by atoms with van der Waals surface area (Å²) in [6, 6.07) is 4.73. The van der Waals surface area contributed by atoms with E-state index in [2.05, 4.69) is 15.4 Å². The number of carboxylic acids is 1. The average molecular weight is 246 g/mol. The van der Waals surface area contributed by atoms with E-state index < -0.39 is 11.9 Å². The summed E-state index contributed by atoms with van der Waals surface area (Å²) in [4.78, 5) is 26.3. The molecule has 18 heavy (non-hydrogen) atoms. The van der Waals surface area contributed by atoms with Gasteiger partial charge in [-0.1, -0.05) is 0 Å². The van der Waals surface area contributed by atoms with Crippen LogP contribution in [0.15, 0.2) is 36.8 Å². The molecule has 0 aliphatic carbocycles. The van der Waals surface area contributed by atoms with Crippen molar-refractivity contribution >= 4 is 17.6 Å². The maximum atomic E-state index is 11.9. The highest BCUT2D eigenvalue weighted by molar-refractivity contribution is 6.03. The monoisotopic (exact) mass is 246 g/mol. The first-order chi connectivity index (χ1) is 8.66. The molecule has 2 N–H and O–H groups in total. The van der Waals surface area contributed by atoms with Gasteiger partial charge in [0.05, 0.1) is 0 Å². The molecular formula is C11H10N4O3. The maximum absolute atomic E-state index is 11.9. The van der Waals surface area contributed by atoms with Gasteiger partial charge in [0.15, 0.2) is 0 Å². The number of anilines is 1. The predicted molar refractivity (Wildman–Crippen MR) is 62.1 cm³/mol. The van der Waals surface area contributed by atoms with Crippen LogP contribution in [0.4, 0.5) is 5.69 Å². The van der Waals surface area contributed by atoms with Crippen molar-refractivity contribution in [3.05, 3.63) is 42.5 Å². The Labute approximate surface area is 102 Å². The lowest BCUT2D eigenvalue weighted by molar-refractivity contribution is -0.137. The van der Waals surface area contributed by atoms with Crippen molar-refractivity contribution in [2.24, 2.45) is 0 Å². The Morgan fingerprint density at radius 2 is 1.94 bits per heavy atom. The summed E-state index contributed by atoms with van der Waals surface area (Å²) in [5, 5.41) is 15.1. The van der Waals surface area contributed by atoms with Gasteiger partial charge in [0.1, 0.15) is 12.2 Å². The van der Waals surface area contributed by atoms with Crippen molar-refractivity contribution in [3.8, 4) is 0 Å². The van der Waals surface area contributed by atoms with E-state index in [9.17, 15) is 9.59 Å². The van der Waals surface area contributed by atoms with Crippen LogP contribution in [0.2, 0.25) is 0 Å². The molecule has 92 valence electrons. The third-order valence-corrected chi connectivity index (χ3v) is 2.17. The zero-order chi connectivity index (χ0) is 13.0. The van der Waals surface area contributed by atoms with Crippen LogP contribution in [-0.4, -0.2) is 31.7 Å². The minimum Gasteiger partial charge on any atom is -0.480 e. The molecule has 0 saturated heterocycles. The number of aliphatic carboxylic acids is 1. The van der Waals surface area contributed by atoms with Crippen LogP contribution < -0.4 is 5.32 Å². The third-order valence-electron chi connectivity index (χ3n) is 2.17. The van der Waals surface area contributed by atoms with E-state index in [1.54, 1.807) is 24.5 Å². The normalized spacial score (nSPS) is 10.0. The molecule has 2 rings (SSSR count). The molecule has 0 bridgehead atoms. The standard InChI is InChI=1S/C11H10N4O3/c16-10(17)7-15-9(3-6-13-15)11(18)14-8-1-4-12-5-2-8/h1-6H,7H2,(H,16,17)(H,12,14,18). The number of amides is 1. The zero-order valence-corrected chi connectivity index (χ0v) is 9.28. The highest BCUT2D eigenvalue weighted by Gasteiger charge is 2.13. The lowest BCUT2D eigenvalue weighted by Gasteiger charge is -2.06. The van der Waals surface area contributed by atoms with E-state index in [1.165, 1.54) is 12.3 Å². The fraction of sp³-hybridized carbons (Fsp3) is 0.0909. The van der Waals surface area contributed by atoms with E-state index in [-0.39, 0.29) is 12.2 Å². The molecule has 0 atom stereocenters. The van der Waals surface area contributed by atoms with E-state index in [1.807, 2.05) is 0 Å². The van der Waals surface area contributed by atoms with Gasteiger partial charge in [0, 0.05) is 24.3 Å². The largest absolute Gasteiger partial charge is 0.480 e. The van der Waals surface area contributed by atoms with Crippen LogP contribution in [0, 0.1) is 0 Å². The number of nitrogens with zero attached hydrogens (tertiary/aromatic N) is 3. The number of nitrogens with one attached hydrogen (secondary N) is 1. The molecule has 0 saturated carbocycles. The van der Waals surface area contributed by atoms with Crippen molar-refractivity contribution in [2.75, 3.05) is 5.32 Å². The Kier molecular flexibility index (Phi) is 3.33. The van der Waals surface area contributed by atoms with E-state index in [0.717, 1.165) is 4.68 Å². The molecule has 0 aliphatic rings. The quantitative estimate of drug-likeness (QED) is 0.824. The molecular weight excluding hydrogens is 236 g/mol. The first kappa shape index (κ1) is 11.8. The van der Waals surface area contributed by atoms with Crippen LogP contribution in [0.5, 0.6) is 0 Å². The van der Waals surface area contributed by atoms with Gasteiger partial charge < -0.3 is 10.4 Å². The number of rotatable bonds is 4. The molecule has 0 spiro atoms. The van der Waals surface area contributed by atoms with Crippen LogP contribution in [0.1, 0.15) is 10.5 Å². The van der Waals surface area contributed by atoms with Crippen LogP contribution >= 0.6 is 0 Å². The van der Waals surface area contributed by atoms with Crippen LogP contribution in [-0.2, 0) is 11.3 Å². The van der Waals surface area contributed by atoms with Gasteiger partial charge in [-0.2, -0.15) is 5.10 Å². The minimum atomic E-state index is -1.06. The molecule has 0 aliphatic heterocycles. The summed E-state index contributed by atoms with van der Waals surface area (Å²) in [5.74, 6) is -1.48. The number of hydrogen-bond donors (Lipinski definition) is 2. The van der Waals surface area contributed by atoms with E-state index in [4.69, 9.17) is 5.11 Å². The Morgan fingerprint density at radius 1 is 1.22 bits per heavy atom. The summed E-state index contributed by atoms with van der Waals surface area (Å²) in [6.45, 7) is -0.355. The molecule has 1 amide bonds. The van der Waals surface area contributed by atoms with Gasteiger partial charge in [-0.25, -0.2) is 4.68 Å². The second kappa shape index (κ2) is 5.09. The van der Waals surface area contributed by atoms with Gasteiger partial charge in [-0.15, -0.1) is 0 Å². The Hall–Kier alpha value is -2.70. The van der Waals surface area contributed by atoms with Crippen LogP contribution in [0.3, 0.4) is 0 Å². The van der Waals surface area contributed by atoms with Gasteiger partial charge in [0.2, 0.25) is 0 Å². The Bertz CT molecular complexity index is 565. The lowest BCUT2D eigenvalue weighted by Crippen LogP contribution is -2.20. The number of carbonyl (C=O) groups excluding carboxylic acids is 1. The SMILES string of the molecule is O=C(O)Cn1nccc1C(=O)Nc1ccncc1. The number of carboxylic acid groups (broad SMARTS) is 1. The highest BCUT2D eigenvalue weighted by atomic mass is 16.4. The Morgan fingerprint density at radius 3 is 2.61 bits per heavy atom. The Balaban J connectivity index is 2.14. The summed E-state index contributed by atoms with van der Waals surface area (Å²) in [6.07, 6.45) is 4.47. The zero-order valence-electron chi connectivity index (χ0n) is 9.28. The fourth-order valence-electron chi connectivity index (χ4n) is 1.41.